The molecule has 0 aliphatic carbocycles. The molecule has 0 radical (unpaired) electrons. The normalized spacial score (nSPS) is 15.3. The highest BCUT2D eigenvalue weighted by Crippen LogP contribution is 2.36. The van der Waals surface area contributed by atoms with E-state index in [0.717, 1.165) is 16.4 Å². The smallest absolute Gasteiger partial charge is 0.265 e. The molecule has 0 spiro atoms. The molecule has 0 aromatic heterocycles. The third-order valence-electron chi connectivity index (χ3n) is 4.56. The highest BCUT2D eigenvalue weighted by Gasteiger charge is 2.36. The number of amides is 1. The van der Waals surface area contributed by atoms with E-state index in [0.29, 0.717) is 11.3 Å². The summed E-state index contributed by atoms with van der Waals surface area (Å²) >= 11 is 0. The Hall–Kier alpha value is -3.47. The predicted octanol–water partition coefficient (Wildman–Crippen LogP) is 3.34. The average molecular weight is 465 g/mol. The quantitative estimate of drug-likeness (QED) is 0.500. The van der Waals surface area contributed by atoms with Gasteiger partial charge in [0, 0.05) is 12.6 Å². The minimum atomic E-state index is -3.86. The van der Waals surface area contributed by atoms with Gasteiger partial charge in [-0.15, -0.1) is 0 Å². The molecule has 0 unspecified atom stereocenters. The molecule has 0 atom stereocenters. The molecule has 8 nitrogen and oxygen atoms in total. The van der Waals surface area contributed by atoms with Gasteiger partial charge >= 0.3 is 0 Å². The molecule has 2 aromatic carbocycles. The van der Waals surface area contributed by atoms with Crippen molar-refractivity contribution in [2.45, 2.75) is 18.7 Å². The SMILES string of the molecule is CCOC1=C(/C(C)=N/OCC(=O)Nc2c(F)cccc2F)N(C)S(=O)(=O)c2ccccc21. The summed E-state index contributed by atoms with van der Waals surface area (Å²) in [5.41, 5.74) is 0.0487. The van der Waals surface area contributed by atoms with Crippen LogP contribution in [0.1, 0.15) is 19.4 Å². The zero-order valence-electron chi connectivity index (χ0n) is 17.6. The summed E-state index contributed by atoms with van der Waals surface area (Å²) in [6, 6.07) is 9.56. The molecule has 1 N–H and O–H groups in total. The molecular formula is C21H21F2N3O5S. The zero-order chi connectivity index (χ0) is 23.5. The molecule has 11 heteroatoms. The predicted molar refractivity (Wildman–Crippen MR) is 114 cm³/mol. The van der Waals surface area contributed by atoms with E-state index >= 15 is 0 Å². The van der Waals surface area contributed by atoms with Crippen LogP contribution in [-0.4, -0.2) is 44.6 Å². The Morgan fingerprint density at radius 1 is 1.12 bits per heavy atom. The molecule has 1 heterocycles. The number of nitrogens with zero attached hydrogens (tertiary/aromatic N) is 2. The number of oxime groups is 1. The topological polar surface area (TPSA) is 97.3 Å². The van der Waals surface area contributed by atoms with E-state index in [2.05, 4.69) is 10.5 Å². The Bertz CT molecular complexity index is 1190. The number of carbonyl (C=O) groups excluding carboxylic acids is 1. The molecule has 1 aliphatic heterocycles. The standard InChI is InChI=1S/C21H21F2N3O5S/c1-4-30-21-14-8-5-6-11-17(14)32(28,29)26(3)20(21)13(2)25-31-12-18(27)24-19-15(22)9-7-10-16(19)23/h5-11H,4,12H2,1-3H3,(H,24,27)/b25-13+. The van der Waals surface area contributed by atoms with Crippen molar-refractivity contribution in [3.63, 3.8) is 0 Å². The number of anilines is 1. The maximum Gasteiger partial charge on any atom is 0.265 e. The van der Waals surface area contributed by atoms with Gasteiger partial charge in [0.25, 0.3) is 15.9 Å². The second kappa shape index (κ2) is 9.35. The minimum Gasteiger partial charge on any atom is -0.491 e. The van der Waals surface area contributed by atoms with E-state index in [1.807, 2.05) is 0 Å². The van der Waals surface area contributed by atoms with Crippen molar-refractivity contribution in [1.82, 2.24) is 4.31 Å². The number of rotatable bonds is 7. The number of hydrogen-bond acceptors (Lipinski definition) is 6. The fourth-order valence-corrected chi connectivity index (χ4v) is 4.56. The number of halogens is 2. The lowest BCUT2D eigenvalue weighted by atomic mass is 10.1. The van der Waals surface area contributed by atoms with Crippen molar-refractivity contribution in [1.29, 1.82) is 0 Å². The van der Waals surface area contributed by atoms with Crippen molar-refractivity contribution < 1.29 is 31.6 Å². The number of para-hydroxylation sites is 1. The largest absolute Gasteiger partial charge is 0.491 e. The number of sulfonamides is 1. The van der Waals surface area contributed by atoms with Crippen molar-refractivity contribution in [2.75, 3.05) is 25.6 Å². The van der Waals surface area contributed by atoms with Crippen LogP contribution in [0.15, 0.2) is 58.2 Å². The van der Waals surface area contributed by atoms with E-state index in [1.165, 1.54) is 26.1 Å². The Morgan fingerprint density at radius 2 is 1.78 bits per heavy atom. The lowest BCUT2D eigenvalue weighted by Gasteiger charge is -2.30. The fraction of sp³-hybridized carbons (Fsp3) is 0.238. The average Bonchev–Trinajstić information content (AvgIpc) is 2.75. The van der Waals surface area contributed by atoms with Gasteiger partial charge < -0.3 is 14.9 Å². The molecule has 1 amide bonds. The molecule has 0 bridgehead atoms. The third kappa shape index (κ3) is 4.42. The van der Waals surface area contributed by atoms with Crippen molar-refractivity contribution in [3.8, 4) is 0 Å². The second-order valence-electron chi connectivity index (χ2n) is 6.67. The Morgan fingerprint density at radius 3 is 2.44 bits per heavy atom. The molecule has 0 saturated carbocycles. The van der Waals surface area contributed by atoms with Gasteiger partial charge in [0.2, 0.25) is 0 Å². The maximum atomic E-state index is 13.7. The van der Waals surface area contributed by atoms with Crippen LogP contribution < -0.4 is 5.32 Å². The number of allylic oxidation sites excluding steroid dienone is 1. The number of hydrogen-bond donors (Lipinski definition) is 1. The van der Waals surface area contributed by atoms with Crippen molar-refractivity contribution in [2.24, 2.45) is 5.16 Å². The van der Waals surface area contributed by atoms with Crippen LogP contribution in [0.3, 0.4) is 0 Å². The van der Waals surface area contributed by atoms with Crippen LogP contribution in [0.5, 0.6) is 0 Å². The molecule has 170 valence electrons. The number of carbonyl (C=O) groups is 1. The zero-order valence-corrected chi connectivity index (χ0v) is 18.4. The van der Waals surface area contributed by atoms with Crippen molar-refractivity contribution in [3.05, 3.63) is 65.4 Å². The summed E-state index contributed by atoms with van der Waals surface area (Å²) in [6.45, 7) is 2.86. The molecular weight excluding hydrogens is 444 g/mol. The molecule has 0 fully saturated rings. The Kier molecular flexibility index (Phi) is 6.78. The third-order valence-corrected chi connectivity index (χ3v) is 6.37. The first-order chi connectivity index (χ1) is 15.2. The first kappa shape index (κ1) is 23.2. The summed E-state index contributed by atoms with van der Waals surface area (Å²) in [6.07, 6.45) is 0. The van der Waals surface area contributed by atoms with Crippen molar-refractivity contribution >= 4 is 33.1 Å². The van der Waals surface area contributed by atoms with Crippen LogP contribution in [0, 0.1) is 11.6 Å². The minimum absolute atomic E-state index is 0.0923. The number of benzene rings is 2. The summed E-state index contributed by atoms with van der Waals surface area (Å²) < 4.78 is 59.9. The van der Waals surface area contributed by atoms with E-state index in [9.17, 15) is 22.0 Å². The molecule has 1 aliphatic rings. The van der Waals surface area contributed by atoms with Gasteiger partial charge in [0.15, 0.2) is 12.4 Å². The molecule has 32 heavy (non-hydrogen) atoms. The lowest BCUT2D eigenvalue weighted by Crippen LogP contribution is -2.35. The summed E-state index contributed by atoms with van der Waals surface area (Å²) in [7, 11) is -2.51. The van der Waals surface area contributed by atoms with E-state index < -0.39 is 39.9 Å². The van der Waals surface area contributed by atoms with Crippen LogP contribution >= 0.6 is 0 Å². The van der Waals surface area contributed by atoms with Crippen LogP contribution in [0.4, 0.5) is 14.5 Å². The lowest BCUT2D eigenvalue weighted by molar-refractivity contribution is -0.120. The second-order valence-corrected chi connectivity index (χ2v) is 8.61. The fourth-order valence-electron chi connectivity index (χ4n) is 3.12. The van der Waals surface area contributed by atoms with Gasteiger partial charge in [-0.2, -0.15) is 0 Å². The number of fused-ring (bicyclic) bond motifs is 1. The van der Waals surface area contributed by atoms with Gasteiger partial charge in [-0.25, -0.2) is 17.2 Å². The van der Waals surface area contributed by atoms with Gasteiger partial charge in [0.05, 0.1) is 11.5 Å². The van der Waals surface area contributed by atoms with E-state index in [-0.39, 0.29) is 22.9 Å². The first-order valence-corrected chi connectivity index (χ1v) is 11.0. The maximum absolute atomic E-state index is 13.7. The van der Waals surface area contributed by atoms with Gasteiger partial charge in [0.1, 0.15) is 28.7 Å². The molecule has 0 saturated heterocycles. The van der Waals surface area contributed by atoms with Crippen LogP contribution in [0.25, 0.3) is 5.76 Å². The number of ether oxygens (including phenoxy) is 1. The number of nitrogens with one attached hydrogen (secondary N) is 1. The van der Waals surface area contributed by atoms with Crippen LogP contribution in [-0.2, 0) is 24.4 Å². The molecule has 2 aromatic rings. The Balaban J connectivity index is 1.84. The highest BCUT2D eigenvalue weighted by molar-refractivity contribution is 7.89. The Labute approximate surface area is 184 Å². The van der Waals surface area contributed by atoms with Gasteiger partial charge in [-0.1, -0.05) is 23.4 Å². The summed E-state index contributed by atoms with van der Waals surface area (Å²) in [4.78, 5) is 17.1. The molecule has 3 rings (SSSR count). The highest BCUT2D eigenvalue weighted by atomic mass is 32.2. The van der Waals surface area contributed by atoms with E-state index in [4.69, 9.17) is 9.57 Å². The van der Waals surface area contributed by atoms with E-state index in [1.54, 1.807) is 25.1 Å². The summed E-state index contributed by atoms with van der Waals surface area (Å²) in [5, 5.41) is 5.89. The van der Waals surface area contributed by atoms with Gasteiger partial charge in [-0.3, -0.25) is 9.10 Å². The van der Waals surface area contributed by atoms with Gasteiger partial charge in [-0.05, 0) is 38.1 Å². The van der Waals surface area contributed by atoms with Crippen LogP contribution in [0.2, 0.25) is 0 Å². The summed E-state index contributed by atoms with van der Waals surface area (Å²) in [5.74, 6) is -2.42. The monoisotopic (exact) mass is 465 g/mol. The first-order valence-electron chi connectivity index (χ1n) is 9.54.